The fourth-order valence-corrected chi connectivity index (χ4v) is 2.04. The van der Waals surface area contributed by atoms with Crippen LogP contribution in [0, 0.1) is 6.92 Å². The van der Waals surface area contributed by atoms with Gasteiger partial charge in [-0.05, 0) is 20.8 Å². The third-order valence-corrected chi connectivity index (χ3v) is 3.26. The molecule has 4 nitrogen and oxygen atoms in total. The summed E-state index contributed by atoms with van der Waals surface area (Å²) in [5.41, 5.74) is 0.935. The lowest BCUT2D eigenvalue weighted by molar-refractivity contribution is 0.0340. The summed E-state index contributed by atoms with van der Waals surface area (Å²) in [5, 5.41) is 0.524. The van der Waals surface area contributed by atoms with Crippen molar-refractivity contribution in [3.63, 3.8) is 0 Å². The van der Waals surface area contributed by atoms with Gasteiger partial charge in [0.15, 0.2) is 0 Å². The quantitative estimate of drug-likeness (QED) is 0.706. The average molecular weight is 242 g/mol. The van der Waals surface area contributed by atoms with E-state index in [0.29, 0.717) is 11.2 Å². The Morgan fingerprint density at radius 2 is 2.19 bits per heavy atom. The standard InChI is InChI=1S/C11H16ClN3O/c1-7-5-16-8(2)4-15(7)11-9(3)10(12)13-6-14-11/h6-8H,4-5H2,1-3H3. The van der Waals surface area contributed by atoms with Gasteiger partial charge >= 0.3 is 0 Å². The summed E-state index contributed by atoms with van der Waals surface area (Å²) in [5.74, 6) is 0.919. The highest BCUT2D eigenvalue weighted by Crippen LogP contribution is 2.26. The van der Waals surface area contributed by atoms with E-state index in [1.165, 1.54) is 6.33 Å². The van der Waals surface area contributed by atoms with Gasteiger partial charge < -0.3 is 9.64 Å². The molecule has 0 amide bonds. The van der Waals surface area contributed by atoms with Crippen molar-refractivity contribution in [1.82, 2.24) is 9.97 Å². The number of nitrogens with zero attached hydrogens (tertiary/aromatic N) is 3. The van der Waals surface area contributed by atoms with E-state index in [1.54, 1.807) is 0 Å². The number of rotatable bonds is 1. The number of halogens is 1. The van der Waals surface area contributed by atoms with Crippen LogP contribution < -0.4 is 4.90 Å². The molecule has 0 radical (unpaired) electrons. The summed E-state index contributed by atoms with van der Waals surface area (Å²) in [6.45, 7) is 7.71. The molecule has 1 aliphatic rings. The first-order valence-corrected chi connectivity index (χ1v) is 5.82. The van der Waals surface area contributed by atoms with Crippen LogP contribution in [0.25, 0.3) is 0 Å². The molecule has 0 N–H and O–H groups in total. The van der Waals surface area contributed by atoms with Crippen molar-refractivity contribution < 1.29 is 4.74 Å². The minimum atomic E-state index is 0.226. The van der Waals surface area contributed by atoms with E-state index in [4.69, 9.17) is 16.3 Å². The molecule has 2 atom stereocenters. The number of hydrogen-bond acceptors (Lipinski definition) is 4. The highest BCUT2D eigenvalue weighted by molar-refractivity contribution is 6.30. The molecule has 1 aromatic rings. The molecule has 1 fully saturated rings. The van der Waals surface area contributed by atoms with Gasteiger partial charge in [-0.3, -0.25) is 0 Å². The molecular formula is C11H16ClN3O. The minimum Gasteiger partial charge on any atom is -0.375 e. The van der Waals surface area contributed by atoms with Crippen molar-refractivity contribution in [2.45, 2.75) is 32.9 Å². The molecule has 2 unspecified atom stereocenters. The second-order valence-corrected chi connectivity index (χ2v) is 4.62. The Morgan fingerprint density at radius 1 is 1.44 bits per heavy atom. The Hall–Kier alpha value is -0.870. The van der Waals surface area contributed by atoms with Gasteiger partial charge in [-0.1, -0.05) is 11.6 Å². The van der Waals surface area contributed by atoms with Crippen molar-refractivity contribution in [2.24, 2.45) is 0 Å². The number of anilines is 1. The van der Waals surface area contributed by atoms with Crippen molar-refractivity contribution in [3.8, 4) is 0 Å². The van der Waals surface area contributed by atoms with E-state index in [1.807, 2.05) is 6.92 Å². The third-order valence-electron chi connectivity index (χ3n) is 2.88. The first kappa shape index (κ1) is 11.6. The fraction of sp³-hybridized carbons (Fsp3) is 0.636. The summed E-state index contributed by atoms with van der Waals surface area (Å²) in [7, 11) is 0. The van der Waals surface area contributed by atoms with E-state index in [-0.39, 0.29) is 6.10 Å². The monoisotopic (exact) mass is 241 g/mol. The van der Waals surface area contributed by atoms with Crippen molar-refractivity contribution in [3.05, 3.63) is 17.0 Å². The lowest BCUT2D eigenvalue weighted by Crippen LogP contribution is -2.48. The van der Waals surface area contributed by atoms with Gasteiger partial charge in [0.1, 0.15) is 17.3 Å². The first-order chi connectivity index (χ1) is 7.59. The lowest BCUT2D eigenvalue weighted by Gasteiger charge is -2.38. The predicted molar refractivity (Wildman–Crippen MR) is 64.0 cm³/mol. The molecular weight excluding hydrogens is 226 g/mol. The number of ether oxygens (including phenoxy) is 1. The molecule has 88 valence electrons. The Labute approximate surface area is 101 Å². The Kier molecular flexibility index (Phi) is 3.30. The van der Waals surface area contributed by atoms with Crippen LogP contribution in [0.2, 0.25) is 5.15 Å². The van der Waals surface area contributed by atoms with E-state index in [9.17, 15) is 0 Å². The molecule has 2 heterocycles. The van der Waals surface area contributed by atoms with Crippen LogP contribution in [-0.2, 0) is 4.74 Å². The normalized spacial score (nSPS) is 25.9. The van der Waals surface area contributed by atoms with Crippen LogP contribution in [0.15, 0.2) is 6.33 Å². The molecule has 5 heteroatoms. The van der Waals surface area contributed by atoms with Gasteiger partial charge in [0.05, 0.1) is 18.8 Å². The largest absolute Gasteiger partial charge is 0.375 e. The van der Waals surface area contributed by atoms with Gasteiger partial charge in [0.2, 0.25) is 0 Å². The molecule has 2 rings (SSSR count). The highest BCUT2D eigenvalue weighted by atomic mass is 35.5. The molecule has 0 bridgehead atoms. The van der Waals surface area contributed by atoms with Gasteiger partial charge in [-0.25, -0.2) is 9.97 Å². The van der Waals surface area contributed by atoms with Gasteiger partial charge in [-0.15, -0.1) is 0 Å². The zero-order valence-electron chi connectivity index (χ0n) is 9.77. The van der Waals surface area contributed by atoms with E-state index < -0.39 is 0 Å². The van der Waals surface area contributed by atoms with E-state index in [2.05, 4.69) is 28.7 Å². The zero-order chi connectivity index (χ0) is 11.7. The maximum absolute atomic E-state index is 6.01. The second-order valence-electron chi connectivity index (χ2n) is 4.26. The topological polar surface area (TPSA) is 38.2 Å². The molecule has 0 aromatic carbocycles. The number of hydrogen-bond donors (Lipinski definition) is 0. The van der Waals surface area contributed by atoms with Gasteiger partial charge in [-0.2, -0.15) is 0 Å². The zero-order valence-corrected chi connectivity index (χ0v) is 10.5. The third kappa shape index (κ3) is 2.13. The summed E-state index contributed by atoms with van der Waals surface area (Å²) >= 11 is 6.01. The molecule has 16 heavy (non-hydrogen) atoms. The van der Waals surface area contributed by atoms with Crippen LogP contribution in [0.1, 0.15) is 19.4 Å². The molecule has 0 spiro atoms. The Balaban J connectivity index is 2.31. The second kappa shape index (κ2) is 4.55. The number of aromatic nitrogens is 2. The van der Waals surface area contributed by atoms with Gasteiger partial charge in [0, 0.05) is 12.1 Å². The molecule has 0 saturated carbocycles. The van der Waals surface area contributed by atoms with Crippen molar-refractivity contribution >= 4 is 17.4 Å². The summed E-state index contributed by atoms with van der Waals surface area (Å²) in [4.78, 5) is 10.5. The molecule has 0 aliphatic carbocycles. The van der Waals surface area contributed by atoms with Gasteiger partial charge in [0.25, 0.3) is 0 Å². The van der Waals surface area contributed by atoms with E-state index in [0.717, 1.165) is 24.5 Å². The smallest absolute Gasteiger partial charge is 0.137 e. The van der Waals surface area contributed by atoms with Crippen LogP contribution >= 0.6 is 11.6 Å². The van der Waals surface area contributed by atoms with Crippen LogP contribution in [0.4, 0.5) is 5.82 Å². The van der Waals surface area contributed by atoms with Crippen molar-refractivity contribution in [1.29, 1.82) is 0 Å². The average Bonchev–Trinajstić information content (AvgIpc) is 2.26. The predicted octanol–water partition coefficient (Wildman–Crippen LogP) is 2.05. The summed E-state index contributed by atoms with van der Waals surface area (Å²) in [6, 6.07) is 0.320. The van der Waals surface area contributed by atoms with Crippen molar-refractivity contribution in [2.75, 3.05) is 18.1 Å². The van der Waals surface area contributed by atoms with E-state index >= 15 is 0 Å². The molecule has 1 saturated heterocycles. The maximum atomic E-state index is 6.01. The van der Waals surface area contributed by atoms with Crippen LogP contribution in [0.3, 0.4) is 0 Å². The summed E-state index contributed by atoms with van der Waals surface area (Å²) in [6.07, 6.45) is 1.74. The molecule has 1 aromatic heterocycles. The summed E-state index contributed by atoms with van der Waals surface area (Å²) < 4.78 is 5.59. The first-order valence-electron chi connectivity index (χ1n) is 5.45. The molecule has 1 aliphatic heterocycles. The van der Waals surface area contributed by atoms with Crippen LogP contribution in [0.5, 0.6) is 0 Å². The minimum absolute atomic E-state index is 0.226. The Bertz CT molecular complexity index is 385. The SMILES string of the molecule is Cc1c(Cl)ncnc1N1CC(C)OCC1C. The maximum Gasteiger partial charge on any atom is 0.137 e. The lowest BCUT2D eigenvalue weighted by atomic mass is 10.2. The fourth-order valence-electron chi connectivity index (χ4n) is 1.91. The highest BCUT2D eigenvalue weighted by Gasteiger charge is 2.26. The van der Waals surface area contributed by atoms with Crippen LogP contribution in [-0.4, -0.2) is 35.3 Å². The Morgan fingerprint density at radius 3 is 2.94 bits per heavy atom. The number of morpholine rings is 1.